The van der Waals surface area contributed by atoms with Crippen LogP contribution < -0.4 is 0 Å². The van der Waals surface area contributed by atoms with Gasteiger partial charge in [-0.15, -0.1) is 0 Å². The van der Waals surface area contributed by atoms with Crippen LogP contribution >= 0.6 is 0 Å². The summed E-state index contributed by atoms with van der Waals surface area (Å²) in [5.41, 5.74) is 0. The van der Waals surface area contributed by atoms with Crippen molar-refractivity contribution < 1.29 is 4.79 Å². The van der Waals surface area contributed by atoms with Crippen molar-refractivity contribution in [3.05, 3.63) is 0 Å². The van der Waals surface area contributed by atoms with Crippen LogP contribution in [0.1, 0.15) is 39.5 Å². The minimum absolute atomic E-state index is 0.289. The van der Waals surface area contributed by atoms with Crippen LogP contribution in [0.5, 0.6) is 0 Å². The smallest absolute Gasteiger partial charge is 0.131 e. The van der Waals surface area contributed by atoms with Crippen molar-refractivity contribution in [2.24, 2.45) is 0 Å². The van der Waals surface area contributed by atoms with Crippen LogP contribution in [0.15, 0.2) is 0 Å². The molecule has 0 amide bonds. The average molecular weight is 171 g/mol. The van der Waals surface area contributed by atoms with Gasteiger partial charge in [0, 0.05) is 13.0 Å². The van der Waals surface area contributed by atoms with E-state index in [1.807, 2.05) is 0 Å². The lowest BCUT2D eigenvalue weighted by molar-refractivity contribution is -0.117. The molecule has 2 heteroatoms. The van der Waals surface area contributed by atoms with Crippen molar-refractivity contribution in [2.45, 2.75) is 39.5 Å². The Morgan fingerprint density at radius 1 is 1.25 bits per heavy atom. The fourth-order valence-corrected chi connectivity index (χ4v) is 1.09. The number of rotatable bonds is 7. The lowest BCUT2D eigenvalue weighted by atomic mass is 10.2. The van der Waals surface area contributed by atoms with Crippen LogP contribution in [0.25, 0.3) is 0 Å². The summed E-state index contributed by atoms with van der Waals surface area (Å²) >= 11 is 0. The Kier molecular flexibility index (Phi) is 7.06. The predicted molar refractivity (Wildman–Crippen MR) is 52.3 cm³/mol. The molecule has 72 valence electrons. The Bertz CT molecular complexity index is 123. The van der Waals surface area contributed by atoms with E-state index < -0.39 is 0 Å². The highest BCUT2D eigenvalue weighted by molar-refractivity contribution is 5.75. The van der Waals surface area contributed by atoms with Gasteiger partial charge in [0.1, 0.15) is 5.78 Å². The second-order valence-electron chi connectivity index (χ2n) is 3.46. The van der Waals surface area contributed by atoms with Gasteiger partial charge in [-0.2, -0.15) is 0 Å². The van der Waals surface area contributed by atoms with Gasteiger partial charge in [-0.25, -0.2) is 0 Å². The third-order valence-corrected chi connectivity index (χ3v) is 1.99. The Hall–Kier alpha value is -0.370. The molecule has 0 N–H and O–H groups in total. The first kappa shape index (κ1) is 11.6. The molecule has 0 aliphatic carbocycles. The molecule has 0 bridgehead atoms. The van der Waals surface area contributed by atoms with E-state index in [2.05, 4.69) is 18.9 Å². The molecule has 0 aromatic carbocycles. The molecule has 2 nitrogen and oxygen atoms in total. The molecule has 0 atom stereocenters. The van der Waals surface area contributed by atoms with E-state index in [-0.39, 0.29) is 5.78 Å². The summed E-state index contributed by atoms with van der Waals surface area (Å²) in [7, 11) is 2.08. The van der Waals surface area contributed by atoms with Gasteiger partial charge in [0.15, 0.2) is 0 Å². The van der Waals surface area contributed by atoms with Crippen LogP contribution in [0.4, 0.5) is 0 Å². The van der Waals surface area contributed by atoms with Gasteiger partial charge < -0.3 is 4.90 Å². The summed E-state index contributed by atoms with van der Waals surface area (Å²) in [6, 6.07) is 0. The maximum atomic E-state index is 10.7. The summed E-state index contributed by atoms with van der Waals surface area (Å²) in [5, 5.41) is 0. The molecule has 0 heterocycles. The molecule has 12 heavy (non-hydrogen) atoms. The molecule has 0 spiro atoms. The Labute approximate surface area is 75.9 Å². The zero-order valence-corrected chi connectivity index (χ0v) is 8.60. The van der Waals surface area contributed by atoms with E-state index >= 15 is 0 Å². The van der Waals surface area contributed by atoms with Crippen LogP contribution in [0.3, 0.4) is 0 Å². The molecule has 0 aromatic heterocycles. The van der Waals surface area contributed by atoms with E-state index in [1.165, 1.54) is 19.3 Å². The minimum atomic E-state index is 0.289. The van der Waals surface area contributed by atoms with E-state index in [0.29, 0.717) is 6.42 Å². The highest BCUT2D eigenvalue weighted by Crippen LogP contribution is 1.97. The molecule has 0 aliphatic rings. The van der Waals surface area contributed by atoms with Crippen molar-refractivity contribution >= 4 is 5.78 Å². The molecule has 0 saturated heterocycles. The van der Waals surface area contributed by atoms with Gasteiger partial charge in [0.05, 0.1) is 0 Å². The number of unbranched alkanes of at least 4 members (excludes halogenated alkanes) is 2. The first-order chi connectivity index (χ1) is 5.66. The van der Waals surface area contributed by atoms with Crippen molar-refractivity contribution in [3.63, 3.8) is 0 Å². The van der Waals surface area contributed by atoms with E-state index in [4.69, 9.17) is 0 Å². The molecule has 0 unspecified atom stereocenters. The monoisotopic (exact) mass is 171 g/mol. The molecule has 0 radical (unpaired) electrons. The maximum Gasteiger partial charge on any atom is 0.131 e. The Morgan fingerprint density at radius 2 is 1.92 bits per heavy atom. The van der Waals surface area contributed by atoms with Gasteiger partial charge in [-0.05, 0) is 26.9 Å². The maximum absolute atomic E-state index is 10.7. The second kappa shape index (κ2) is 7.29. The number of hydrogen-bond donors (Lipinski definition) is 0. The topological polar surface area (TPSA) is 20.3 Å². The van der Waals surface area contributed by atoms with E-state index in [0.717, 1.165) is 13.1 Å². The summed E-state index contributed by atoms with van der Waals surface area (Å²) in [6.45, 7) is 5.90. The van der Waals surface area contributed by atoms with Crippen molar-refractivity contribution in [2.75, 3.05) is 20.1 Å². The number of Topliss-reactive ketones (excluding diaryl/α,β-unsaturated/α-hetero) is 1. The van der Waals surface area contributed by atoms with Crippen LogP contribution in [0, 0.1) is 0 Å². The van der Waals surface area contributed by atoms with Gasteiger partial charge in [-0.3, -0.25) is 4.79 Å². The normalized spacial score (nSPS) is 10.7. The van der Waals surface area contributed by atoms with Crippen molar-refractivity contribution in [1.82, 2.24) is 4.90 Å². The standard InChI is InChI=1S/C10H21NO/c1-4-5-6-8-11(3)9-7-10(2)12/h4-9H2,1-3H3. The van der Waals surface area contributed by atoms with Crippen LogP contribution in [-0.2, 0) is 4.79 Å². The van der Waals surface area contributed by atoms with Gasteiger partial charge >= 0.3 is 0 Å². The fourth-order valence-electron chi connectivity index (χ4n) is 1.09. The van der Waals surface area contributed by atoms with Crippen molar-refractivity contribution in [1.29, 1.82) is 0 Å². The first-order valence-corrected chi connectivity index (χ1v) is 4.84. The number of carbonyl (C=O) groups is 1. The summed E-state index contributed by atoms with van der Waals surface area (Å²) in [4.78, 5) is 12.9. The molecule has 0 fully saturated rings. The predicted octanol–water partition coefficient (Wildman–Crippen LogP) is 2.09. The average Bonchev–Trinajstić information content (AvgIpc) is 2.01. The van der Waals surface area contributed by atoms with Gasteiger partial charge in [-0.1, -0.05) is 19.8 Å². The van der Waals surface area contributed by atoms with Crippen molar-refractivity contribution in [3.8, 4) is 0 Å². The third-order valence-electron chi connectivity index (χ3n) is 1.99. The number of carbonyl (C=O) groups excluding carboxylic acids is 1. The molecular formula is C10H21NO. The van der Waals surface area contributed by atoms with Crippen LogP contribution in [-0.4, -0.2) is 30.8 Å². The summed E-state index contributed by atoms with van der Waals surface area (Å²) in [5.74, 6) is 0.289. The second-order valence-corrected chi connectivity index (χ2v) is 3.46. The van der Waals surface area contributed by atoms with Gasteiger partial charge in [0.2, 0.25) is 0 Å². The lowest BCUT2D eigenvalue weighted by Gasteiger charge is -2.14. The largest absolute Gasteiger partial charge is 0.306 e. The Balaban J connectivity index is 3.21. The number of ketones is 1. The zero-order valence-electron chi connectivity index (χ0n) is 8.60. The van der Waals surface area contributed by atoms with E-state index in [1.54, 1.807) is 6.92 Å². The molecule has 0 saturated carbocycles. The highest BCUT2D eigenvalue weighted by atomic mass is 16.1. The van der Waals surface area contributed by atoms with Crippen LogP contribution in [0.2, 0.25) is 0 Å². The molecular weight excluding hydrogens is 150 g/mol. The lowest BCUT2D eigenvalue weighted by Crippen LogP contribution is -2.22. The highest BCUT2D eigenvalue weighted by Gasteiger charge is 1.99. The summed E-state index contributed by atoms with van der Waals surface area (Å²) in [6.07, 6.45) is 4.51. The fraction of sp³-hybridized carbons (Fsp3) is 0.900. The van der Waals surface area contributed by atoms with Gasteiger partial charge in [0.25, 0.3) is 0 Å². The Morgan fingerprint density at radius 3 is 2.42 bits per heavy atom. The first-order valence-electron chi connectivity index (χ1n) is 4.84. The number of nitrogens with zero attached hydrogens (tertiary/aromatic N) is 1. The third kappa shape index (κ3) is 7.73. The van der Waals surface area contributed by atoms with E-state index in [9.17, 15) is 4.79 Å². The molecule has 0 rings (SSSR count). The number of hydrogen-bond acceptors (Lipinski definition) is 2. The SMILES string of the molecule is CCCCCN(C)CCC(C)=O. The summed E-state index contributed by atoms with van der Waals surface area (Å²) < 4.78 is 0. The minimum Gasteiger partial charge on any atom is -0.306 e. The quantitative estimate of drug-likeness (QED) is 0.547. The molecule has 0 aliphatic heterocycles. The zero-order chi connectivity index (χ0) is 9.40. The molecule has 0 aromatic rings.